The third-order valence-corrected chi connectivity index (χ3v) is 5.85. The number of aromatic nitrogens is 2. The summed E-state index contributed by atoms with van der Waals surface area (Å²) in [6.45, 7) is 10.6. The van der Waals surface area contributed by atoms with E-state index >= 15 is 0 Å². The number of piperidine rings is 1. The molecule has 0 saturated carbocycles. The predicted octanol–water partition coefficient (Wildman–Crippen LogP) is 3.68. The van der Waals surface area contributed by atoms with Crippen molar-refractivity contribution in [3.63, 3.8) is 0 Å². The summed E-state index contributed by atoms with van der Waals surface area (Å²) in [5, 5.41) is 3.40. The average Bonchev–Trinajstić information content (AvgIpc) is 2.73. The van der Waals surface area contributed by atoms with Crippen LogP contribution in [0.5, 0.6) is 0 Å². The van der Waals surface area contributed by atoms with Crippen molar-refractivity contribution in [2.24, 2.45) is 0 Å². The van der Waals surface area contributed by atoms with Crippen LogP contribution in [0.4, 0.5) is 5.95 Å². The van der Waals surface area contributed by atoms with Crippen LogP contribution in [-0.4, -0.2) is 53.0 Å². The Bertz CT molecular complexity index is 832. The summed E-state index contributed by atoms with van der Waals surface area (Å²) in [7, 11) is 0. The number of anilines is 1. The van der Waals surface area contributed by atoms with Gasteiger partial charge >= 0.3 is 0 Å². The number of carbonyl (C=O) groups is 1. The van der Waals surface area contributed by atoms with Crippen LogP contribution in [0, 0.1) is 6.92 Å². The van der Waals surface area contributed by atoms with Gasteiger partial charge in [-0.1, -0.05) is 35.9 Å². The lowest BCUT2D eigenvalue weighted by atomic mass is 10.0. The highest BCUT2D eigenvalue weighted by Gasteiger charge is 2.23. The molecule has 2 aromatic rings. The Morgan fingerprint density at radius 2 is 1.93 bits per heavy atom. The lowest BCUT2D eigenvalue weighted by molar-refractivity contribution is 0.0904. The van der Waals surface area contributed by atoms with Gasteiger partial charge in [-0.2, -0.15) is 0 Å². The van der Waals surface area contributed by atoms with E-state index in [1.807, 2.05) is 18.7 Å². The van der Waals surface area contributed by atoms with Crippen molar-refractivity contribution in [1.29, 1.82) is 0 Å². The van der Waals surface area contributed by atoms with Crippen molar-refractivity contribution in [3.05, 3.63) is 52.3 Å². The van der Waals surface area contributed by atoms with Gasteiger partial charge < -0.3 is 10.2 Å². The SMILES string of the molecule is CCN(CC)c1ncc(Cl)c(C(=O)NC2CCN(Cc3ccccc3C)CC2)n1. The number of likely N-dealkylation sites (tertiary alicyclic amines) is 1. The number of rotatable bonds is 7. The van der Waals surface area contributed by atoms with E-state index in [-0.39, 0.29) is 22.7 Å². The van der Waals surface area contributed by atoms with Gasteiger partial charge in [0.05, 0.1) is 11.2 Å². The highest BCUT2D eigenvalue weighted by Crippen LogP contribution is 2.19. The molecule has 0 unspecified atom stereocenters. The quantitative estimate of drug-likeness (QED) is 0.747. The minimum Gasteiger partial charge on any atom is -0.348 e. The molecule has 1 amide bonds. The van der Waals surface area contributed by atoms with E-state index in [4.69, 9.17) is 11.6 Å². The van der Waals surface area contributed by atoms with Gasteiger partial charge in [0.15, 0.2) is 5.69 Å². The van der Waals surface area contributed by atoms with Crippen LogP contribution in [-0.2, 0) is 6.54 Å². The molecule has 1 aliphatic heterocycles. The number of carbonyl (C=O) groups excluding carboxylic acids is 1. The summed E-state index contributed by atoms with van der Waals surface area (Å²) in [6, 6.07) is 8.64. The number of nitrogens with one attached hydrogen (secondary N) is 1. The Labute approximate surface area is 178 Å². The maximum absolute atomic E-state index is 12.8. The number of hydrogen-bond donors (Lipinski definition) is 1. The monoisotopic (exact) mass is 415 g/mol. The molecule has 1 saturated heterocycles. The van der Waals surface area contributed by atoms with E-state index in [1.54, 1.807) is 0 Å². The Kier molecular flexibility index (Phi) is 7.45. The normalized spacial score (nSPS) is 15.3. The van der Waals surface area contributed by atoms with Gasteiger partial charge in [-0.25, -0.2) is 9.97 Å². The molecule has 2 heterocycles. The maximum atomic E-state index is 12.8. The van der Waals surface area contributed by atoms with E-state index in [9.17, 15) is 4.79 Å². The molecule has 1 aromatic carbocycles. The first-order valence-electron chi connectivity index (χ1n) is 10.4. The molecule has 1 aliphatic rings. The Morgan fingerprint density at radius 1 is 1.24 bits per heavy atom. The molecular weight excluding hydrogens is 386 g/mol. The smallest absolute Gasteiger partial charge is 0.271 e. The summed E-state index contributed by atoms with van der Waals surface area (Å²) in [5.41, 5.74) is 2.95. The van der Waals surface area contributed by atoms with Crippen LogP contribution in [0.1, 0.15) is 48.3 Å². The zero-order valence-corrected chi connectivity index (χ0v) is 18.2. The fourth-order valence-corrected chi connectivity index (χ4v) is 3.87. The van der Waals surface area contributed by atoms with Crippen molar-refractivity contribution in [3.8, 4) is 0 Å². The van der Waals surface area contributed by atoms with E-state index < -0.39 is 0 Å². The zero-order chi connectivity index (χ0) is 20.8. The van der Waals surface area contributed by atoms with Gasteiger partial charge in [-0.3, -0.25) is 9.69 Å². The van der Waals surface area contributed by atoms with Crippen LogP contribution >= 0.6 is 11.6 Å². The van der Waals surface area contributed by atoms with Crippen molar-refractivity contribution in [2.45, 2.75) is 46.2 Å². The van der Waals surface area contributed by atoms with Crippen molar-refractivity contribution >= 4 is 23.5 Å². The van der Waals surface area contributed by atoms with Crippen molar-refractivity contribution < 1.29 is 4.79 Å². The van der Waals surface area contributed by atoms with Crippen LogP contribution in [0.2, 0.25) is 5.02 Å². The Morgan fingerprint density at radius 3 is 2.59 bits per heavy atom. The summed E-state index contributed by atoms with van der Waals surface area (Å²) >= 11 is 6.22. The molecule has 1 fully saturated rings. The fourth-order valence-electron chi connectivity index (χ4n) is 3.69. The van der Waals surface area contributed by atoms with Gasteiger partial charge in [-0.15, -0.1) is 0 Å². The molecule has 0 radical (unpaired) electrons. The standard InChI is InChI=1S/C22H30ClN5O/c1-4-28(5-2)22-24-14-19(23)20(26-22)21(29)25-18-10-12-27(13-11-18)15-17-9-7-6-8-16(17)3/h6-9,14,18H,4-5,10-13,15H2,1-3H3,(H,25,29). The summed E-state index contributed by atoms with van der Waals surface area (Å²) in [6.07, 6.45) is 3.36. The van der Waals surface area contributed by atoms with E-state index in [2.05, 4.69) is 51.4 Å². The zero-order valence-electron chi connectivity index (χ0n) is 17.5. The molecular formula is C22H30ClN5O. The molecule has 7 heteroatoms. The lowest BCUT2D eigenvalue weighted by Gasteiger charge is -2.32. The van der Waals surface area contributed by atoms with Crippen molar-refractivity contribution in [2.75, 3.05) is 31.1 Å². The third-order valence-electron chi connectivity index (χ3n) is 5.57. The molecule has 29 heavy (non-hydrogen) atoms. The van der Waals surface area contributed by atoms with Gasteiger partial charge in [-0.05, 0) is 44.7 Å². The van der Waals surface area contributed by atoms with Gasteiger partial charge in [0.2, 0.25) is 5.95 Å². The van der Waals surface area contributed by atoms with Crippen LogP contribution < -0.4 is 10.2 Å². The summed E-state index contributed by atoms with van der Waals surface area (Å²) in [4.78, 5) is 25.9. The molecule has 0 atom stereocenters. The average molecular weight is 416 g/mol. The first-order valence-corrected chi connectivity index (χ1v) is 10.7. The molecule has 0 aliphatic carbocycles. The van der Waals surface area contributed by atoms with Crippen LogP contribution in [0.3, 0.4) is 0 Å². The summed E-state index contributed by atoms with van der Waals surface area (Å²) in [5.74, 6) is 0.320. The number of nitrogens with zero attached hydrogens (tertiary/aromatic N) is 4. The number of halogens is 1. The van der Waals surface area contributed by atoms with Gasteiger partial charge in [0.1, 0.15) is 0 Å². The first-order chi connectivity index (χ1) is 14.0. The topological polar surface area (TPSA) is 61.4 Å². The maximum Gasteiger partial charge on any atom is 0.271 e. The number of aryl methyl sites for hydroxylation is 1. The second kappa shape index (κ2) is 10.0. The lowest BCUT2D eigenvalue weighted by Crippen LogP contribution is -2.44. The van der Waals surface area contributed by atoms with Gasteiger partial charge in [0.25, 0.3) is 5.91 Å². The van der Waals surface area contributed by atoms with Crippen molar-refractivity contribution in [1.82, 2.24) is 20.2 Å². The van der Waals surface area contributed by atoms with Crippen LogP contribution in [0.25, 0.3) is 0 Å². The first kappa shape index (κ1) is 21.5. The fraction of sp³-hybridized carbons (Fsp3) is 0.500. The largest absolute Gasteiger partial charge is 0.348 e. The second-order valence-electron chi connectivity index (χ2n) is 7.49. The molecule has 1 N–H and O–H groups in total. The molecule has 1 aromatic heterocycles. The molecule has 0 bridgehead atoms. The van der Waals surface area contributed by atoms with E-state index in [0.29, 0.717) is 5.95 Å². The minimum atomic E-state index is -0.219. The Hall–Kier alpha value is -2.18. The van der Waals surface area contributed by atoms with Crippen LogP contribution in [0.15, 0.2) is 30.5 Å². The third kappa shape index (κ3) is 5.46. The highest BCUT2D eigenvalue weighted by molar-refractivity contribution is 6.33. The van der Waals surface area contributed by atoms with Gasteiger partial charge in [0, 0.05) is 38.8 Å². The minimum absolute atomic E-state index is 0.138. The second-order valence-corrected chi connectivity index (χ2v) is 7.90. The molecule has 0 spiro atoms. The van der Waals surface area contributed by atoms with E-state index in [1.165, 1.54) is 17.3 Å². The number of amides is 1. The summed E-state index contributed by atoms with van der Waals surface area (Å²) < 4.78 is 0. The van der Waals surface area contributed by atoms with E-state index in [0.717, 1.165) is 45.6 Å². The predicted molar refractivity (Wildman–Crippen MR) is 118 cm³/mol. The Balaban J connectivity index is 1.57. The molecule has 6 nitrogen and oxygen atoms in total. The molecule has 156 valence electrons. The highest BCUT2D eigenvalue weighted by atomic mass is 35.5. The number of hydrogen-bond acceptors (Lipinski definition) is 5. The number of benzene rings is 1. The molecule has 3 rings (SSSR count).